The molecule has 0 saturated heterocycles. The highest BCUT2D eigenvalue weighted by molar-refractivity contribution is 5.69. The Hall–Kier alpha value is -2.95. The minimum atomic E-state index is 0.668. The van der Waals surface area contributed by atoms with Crippen LogP contribution in [0.2, 0.25) is 0 Å². The van der Waals surface area contributed by atoms with Crippen molar-refractivity contribution in [3.8, 4) is 0 Å². The molecule has 0 fully saturated rings. The zero-order valence-electron chi connectivity index (χ0n) is 12.5. The first-order chi connectivity index (χ1) is 10.7. The van der Waals surface area contributed by atoms with E-state index in [4.69, 9.17) is 0 Å². The van der Waals surface area contributed by atoms with Gasteiger partial charge < -0.3 is 5.32 Å². The standard InChI is InChI=1S/C17H17N5/c1-12-8-10-14(11-9-12)18-17-16(13(2)19-22-17)21-20-15-6-4-3-5-7-15/h3-11H,1-2H3,(H2,18,19,22). The summed E-state index contributed by atoms with van der Waals surface area (Å²) < 4.78 is 0. The van der Waals surface area contributed by atoms with Crippen LogP contribution in [0.15, 0.2) is 64.8 Å². The predicted octanol–water partition coefficient (Wildman–Crippen LogP) is 5.19. The van der Waals surface area contributed by atoms with Gasteiger partial charge in [0.15, 0.2) is 11.5 Å². The molecular formula is C17H17N5. The van der Waals surface area contributed by atoms with Crippen molar-refractivity contribution in [2.75, 3.05) is 5.32 Å². The van der Waals surface area contributed by atoms with Crippen LogP contribution in [0.3, 0.4) is 0 Å². The largest absolute Gasteiger partial charge is 0.337 e. The first-order valence-corrected chi connectivity index (χ1v) is 7.08. The number of nitrogens with one attached hydrogen (secondary N) is 2. The molecule has 0 atom stereocenters. The maximum Gasteiger partial charge on any atom is 0.180 e. The van der Waals surface area contributed by atoms with Crippen LogP contribution >= 0.6 is 0 Å². The summed E-state index contributed by atoms with van der Waals surface area (Å²) in [6, 6.07) is 17.8. The summed E-state index contributed by atoms with van der Waals surface area (Å²) in [6.45, 7) is 3.98. The number of anilines is 2. The number of azo groups is 1. The van der Waals surface area contributed by atoms with Gasteiger partial charge in [0.05, 0.1) is 11.4 Å². The van der Waals surface area contributed by atoms with Gasteiger partial charge in [-0.1, -0.05) is 35.9 Å². The van der Waals surface area contributed by atoms with Crippen LogP contribution in [0.25, 0.3) is 0 Å². The van der Waals surface area contributed by atoms with Gasteiger partial charge in [0.2, 0.25) is 0 Å². The fourth-order valence-corrected chi connectivity index (χ4v) is 2.01. The molecule has 1 aromatic heterocycles. The fraction of sp³-hybridized carbons (Fsp3) is 0.118. The molecule has 1 heterocycles. The average Bonchev–Trinajstić information content (AvgIpc) is 2.89. The number of aromatic nitrogens is 2. The SMILES string of the molecule is Cc1ccc(Nc2n[nH]c(C)c2N=Nc2ccccc2)cc1. The lowest BCUT2D eigenvalue weighted by Crippen LogP contribution is -1.90. The van der Waals surface area contributed by atoms with Crippen LogP contribution in [0, 0.1) is 13.8 Å². The van der Waals surface area contributed by atoms with Crippen LogP contribution in [-0.4, -0.2) is 10.2 Å². The maximum absolute atomic E-state index is 4.32. The Morgan fingerprint density at radius 1 is 0.909 bits per heavy atom. The number of aryl methyl sites for hydroxylation is 2. The molecular weight excluding hydrogens is 274 g/mol. The van der Waals surface area contributed by atoms with Crippen LogP contribution in [0.4, 0.5) is 22.9 Å². The molecule has 3 aromatic rings. The molecule has 0 amide bonds. The smallest absolute Gasteiger partial charge is 0.180 e. The van der Waals surface area contributed by atoms with E-state index in [0.29, 0.717) is 11.5 Å². The zero-order valence-corrected chi connectivity index (χ0v) is 12.5. The van der Waals surface area contributed by atoms with Gasteiger partial charge in [0.25, 0.3) is 0 Å². The van der Waals surface area contributed by atoms with Gasteiger partial charge in [-0.05, 0) is 38.1 Å². The third-order valence-corrected chi connectivity index (χ3v) is 3.25. The van der Waals surface area contributed by atoms with Gasteiger partial charge >= 0.3 is 0 Å². The second kappa shape index (κ2) is 6.22. The summed E-state index contributed by atoms with van der Waals surface area (Å²) in [4.78, 5) is 0. The molecule has 0 radical (unpaired) electrons. The Bertz CT molecular complexity index is 773. The maximum atomic E-state index is 4.32. The molecule has 22 heavy (non-hydrogen) atoms. The third kappa shape index (κ3) is 3.20. The monoisotopic (exact) mass is 291 g/mol. The summed E-state index contributed by atoms with van der Waals surface area (Å²) in [6.07, 6.45) is 0. The van der Waals surface area contributed by atoms with Gasteiger partial charge in [0, 0.05) is 5.69 Å². The first kappa shape index (κ1) is 14.0. The second-order valence-corrected chi connectivity index (χ2v) is 5.07. The zero-order chi connectivity index (χ0) is 15.4. The molecule has 0 aliphatic heterocycles. The van der Waals surface area contributed by atoms with Crippen molar-refractivity contribution >= 4 is 22.9 Å². The Labute approximate surface area is 129 Å². The number of H-pyrrole nitrogens is 1. The number of hydrogen-bond donors (Lipinski definition) is 2. The van der Waals surface area contributed by atoms with E-state index >= 15 is 0 Å². The van der Waals surface area contributed by atoms with Gasteiger partial charge in [-0.25, -0.2) is 0 Å². The predicted molar refractivity (Wildman–Crippen MR) is 88.4 cm³/mol. The normalized spacial score (nSPS) is 11.0. The van der Waals surface area contributed by atoms with Gasteiger partial charge in [-0.2, -0.15) is 10.2 Å². The van der Waals surface area contributed by atoms with Crippen molar-refractivity contribution in [2.45, 2.75) is 13.8 Å². The van der Waals surface area contributed by atoms with Crippen LogP contribution in [0.1, 0.15) is 11.3 Å². The molecule has 0 aliphatic carbocycles. The first-order valence-electron chi connectivity index (χ1n) is 7.08. The minimum absolute atomic E-state index is 0.668. The molecule has 5 nitrogen and oxygen atoms in total. The summed E-state index contributed by atoms with van der Waals surface area (Å²) in [7, 11) is 0. The summed E-state index contributed by atoms with van der Waals surface area (Å²) in [5.41, 5.74) is 4.57. The van der Waals surface area contributed by atoms with E-state index in [1.165, 1.54) is 5.56 Å². The molecule has 0 bridgehead atoms. The highest BCUT2D eigenvalue weighted by atomic mass is 15.2. The number of rotatable bonds is 4. The Balaban J connectivity index is 1.84. The molecule has 110 valence electrons. The van der Waals surface area contributed by atoms with Crippen molar-refractivity contribution in [1.29, 1.82) is 0 Å². The minimum Gasteiger partial charge on any atom is -0.337 e. The van der Waals surface area contributed by atoms with E-state index in [1.807, 2.05) is 61.5 Å². The lowest BCUT2D eigenvalue weighted by Gasteiger charge is -2.04. The van der Waals surface area contributed by atoms with Gasteiger partial charge in [0.1, 0.15) is 0 Å². The summed E-state index contributed by atoms with van der Waals surface area (Å²) in [5, 5.41) is 19.0. The average molecular weight is 291 g/mol. The highest BCUT2D eigenvalue weighted by Crippen LogP contribution is 2.30. The number of aromatic amines is 1. The second-order valence-electron chi connectivity index (χ2n) is 5.07. The Morgan fingerprint density at radius 2 is 1.64 bits per heavy atom. The van der Waals surface area contributed by atoms with Crippen molar-refractivity contribution in [1.82, 2.24) is 10.2 Å². The van der Waals surface area contributed by atoms with Crippen molar-refractivity contribution < 1.29 is 0 Å². The quantitative estimate of drug-likeness (QED) is 0.650. The topological polar surface area (TPSA) is 65.4 Å². The van der Waals surface area contributed by atoms with Crippen LogP contribution in [-0.2, 0) is 0 Å². The van der Waals surface area contributed by atoms with E-state index in [0.717, 1.165) is 17.1 Å². The van der Waals surface area contributed by atoms with Gasteiger partial charge in [-0.15, -0.1) is 5.11 Å². The molecule has 0 aliphatic rings. The number of hydrogen-bond acceptors (Lipinski definition) is 4. The van der Waals surface area contributed by atoms with Crippen LogP contribution in [0.5, 0.6) is 0 Å². The number of nitrogens with zero attached hydrogens (tertiary/aromatic N) is 3. The van der Waals surface area contributed by atoms with E-state index in [-0.39, 0.29) is 0 Å². The lowest BCUT2D eigenvalue weighted by molar-refractivity contribution is 1.05. The molecule has 0 spiro atoms. The molecule has 0 unspecified atom stereocenters. The lowest BCUT2D eigenvalue weighted by atomic mass is 10.2. The fourth-order valence-electron chi connectivity index (χ4n) is 2.01. The number of benzene rings is 2. The highest BCUT2D eigenvalue weighted by Gasteiger charge is 2.10. The van der Waals surface area contributed by atoms with Crippen molar-refractivity contribution in [3.63, 3.8) is 0 Å². The Kier molecular flexibility index (Phi) is 3.96. The molecule has 0 saturated carbocycles. The third-order valence-electron chi connectivity index (χ3n) is 3.25. The van der Waals surface area contributed by atoms with Crippen LogP contribution < -0.4 is 5.32 Å². The summed E-state index contributed by atoms with van der Waals surface area (Å²) >= 11 is 0. The van der Waals surface area contributed by atoms with E-state index < -0.39 is 0 Å². The van der Waals surface area contributed by atoms with E-state index in [1.54, 1.807) is 0 Å². The molecule has 5 heteroatoms. The molecule has 2 N–H and O–H groups in total. The van der Waals surface area contributed by atoms with Gasteiger partial charge in [-0.3, -0.25) is 5.10 Å². The Morgan fingerprint density at radius 3 is 2.36 bits per heavy atom. The summed E-state index contributed by atoms with van der Waals surface area (Å²) in [5.74, 6) is 0.668. The molecule has 2 aromatic carbocycles. The molecule has 3 rings (SSSR count). The van der Waals surface area contributed by atoms with Crippen molar-refractivity contribution in [3.05, 3.63) is 65.9 Å². The van der Waals surface area contributed by atoms with E-state index in [9.17, 15) is 0 Å². The van der Waals surface area contributed by atoms with E-state index in [2.05, 4.69) is 32.7 Å². The van der Waals surface area contributed by atoms with Crippen molar-refractivity contribution in [2.24, 2.45) is 10.2 Å².